The number of ether oxygens (including phenoxy) is 2. The van der Waals surface area contributed by atoms with Gasteiger partial charge in [-0.3, -0.25) is 0 Å². The number of hydrogen-bond acceptors (Lipinski definition) is 5. The molecule has 35 heavy (non-hydrogen) atoms. The zero-order valence-electron chi connectivity index (χ0n) is 20.5. The predicted molar refractivity (Wildman–Crippen MR) is 140 cm³/mol. The molecule has 2 heterocycles. The number of nitrogens with zero attached hydrogens (tertiary/aromatic N) is 2. The largest absolute Gasteiger partial charge is 0.619 e. The van der Waals surface area contributed by atoms with Gasteiger partial charge < -0.3 is 14.7 Å². The first-order valence-corrected chi connectivity index (χ1v) is 12.3. The summed E-state index contributed by atoms with van der Waals surface area (Å²) >= 11 is 1.75. The summed E-state index contributed by atoms with van der Waals surface area (Å²) in [6, 6.07) is 24.4. The number of pyridine rings is 2. The number of rotatable bonds is 9. The van der Waals surface area contributed by atoms with Crippen molar-refractivity contribution >= 4 is 11.8 Å². The van der Waals surface area contributed by atoms with Crippen molar-refractivity contribution in [3.8, 4) is 11.5 Å². The molecular weight excluding hydrogens is 456 g/mol. The molecule has 0 fully saturated rings. The molecule has 0 saturated carbocycles. The Labute approximate surface area is 211 Å². The molecule has 0 radical (unpaired) electrons. The van der Waals surface area contributed by atoms with Gasteiger partial charge in [0.2, 0.25) is 0 Å². The molecule has 4 rings (SSSR count). The molecule has 0 aliphatic rings. The van der Waals surface area contributed by atoms with Crippen molar-refractivity contribution in [2.45, 2.75) is 36.0 Å². The quantitative estimate of drug-likeness (QED) is 0.162. The van der Waals surface area contributed by atoms with Crippen LogP contribution in [0, 0.1) is 5.21 Å². The van der Waals surface area contributed by atoms with Crippen LogP contribution in [0.3, 0.4) is 0 Å². The highest BCUT2D eigenvalue weighted by Gasteiger charge is 2.23. The molecule has 0 amide bonds. The van der Waals surface area contributed by atoms with Crippen LogP contribution < -0.4 is 14.2 Å². The third-order valence-electron chi connectivity index (χ3n) is 6.11. The van der Waals surface area contributed by atoms with E-state index in [1.807, 2.05) is 36.5 Å². The summed E-state index contributed by atoms with van der Waals surface area (Å²) < 4.78 is 11.7. The maximum Gasteiger partial charge on any atom is 0.180 e. The first-order chi connectivity index (χ1) is 16.9. The molecule has 0 saturated heterocycles. The van der Waals surface area contributed by atoms with Crippen LogP contribution in [0.2, 0.25) is 0 Å². The number of methoxy groups -OCH3 is 2. The van der Waals surface area contributed by atoms with Crippen LogP contribution >= 0.6 is 11.8 Å². The summed E-state index contributed by atoms with van der Waals surface area (Å²) in [6.45, 7) is 4.43. The van der Waals surface area contributed by atoms with Gasteiger partial charge in [-0.05, 0) is 60.7 Å². The van der Waals surface area contributed by atoms with Crippen LogP contribution in [-0.2, 0) is 11.2 Å². The van der Waals surface area contributed by atoms with E-state index in [2.05, 4.69) is 56.3 Å². The Morgan fingerprint density at radius 1 is 0.886 bits per heavy atom. The van der Waals surface area contributed by atoms with E-state index in [0.29, 0.717) is 11.5 Å². The van der Waals surface area contributed by atoms with E-state index in [9.17, 15) is 5.21 Å². The number of thioether (sulfide) groups is 1. The Morgan fingerprint density at radius 2 is 1.57 bits per heavy atom. The fraction of sp³-hybridized carbons (Fsp3) is 0.241. The van der Waals surface area contributed by atoms with Crippen LogP contribution in [0.5, 0.6) is 11.5 Å². The predicted octanol–water partition coefficient (Wildman–Crippen LogP) is 6.13. The van der Waals surface area contributed by atoms with Crippen LogP contribution in [0.4, 0.5) is 0 Å². The van der Waals surface area contributed by atoms with E-state index >= 15 is 0 Å². The van der Waals surface area contributed by atoms with Crippen molar-refractivity contribution in [1.29, 1.82) is 0 Å². The average Bonchev–Trinajstić information content (AvgIpc) is 2.89. The van der Waals surface area contributed by atoms with Crippen molar-refractivity contribution in [3.05, 3.63) is 119 Å². The second-order valence-corrected chi connectivity index (χ2v) is 10.5. The third-order valence-corrected chi connectivity index (χ3v) is 7.31. The molecule has 0 bridgehead atoms. The standard InChI is InChI=1S/C29H30N2O3S/c1-29(2,24-8-6-5-7-9-24)35-28-13-11-23(20-30-28)25(18-21-14-16-31(32)17-15-21)22-10-12-26(33-3)27(19-22)34-4/h5-17,19-20,25H,18H2,1-4H3. The number of hydrogen-bond donors (Lipinski definition) is 0. The van der Waals surface area contributed by atoms with Gasteiger partial charge in [0, 0.05) is 29.0 Å². The van der Waals surface area contributed by atoms with Gasteiger partial charge in [0.1, 0.15) is 0 Å². The Balaban J connectivity index is 1.65. The minimum atomic E-state index is -0.101. The lowest BCUT2D eigenvalue weighted by Crippen LogP contribution is -2.24. The molecule has 0 spiro atoms. The van der Waals surface area contributed by atoms with Crippen molar-refractivity contribution in [2.24, 2.45) is 0 Å². The van der Waals surface area contributed by atoms with Crippen molar-refractivity contribution in [3.63, 3.8) is 0 Å². The highest BCUT2D eigenvalue weighted by Crippen LogP contribution is 2.41. The third kappa shape index (κ3) is 5.95. The van der Waals surface area contributed by atoms with Crippen LogP contribution in [0.1, 0.15) is 42.0 Å². The molecule has 2 aromatic heterocycles. The Kier molecular flexibility index (Phi) is 7.61. The van der Waals surface area contributed by atoms with E-state index in [4.69, 9.17) is 14.5 Å². The summed E-state index contributed by atoms with van der Waals surface area (Å²) in [5.41, 5.74) is 4.52. The second kappa shape index (κ2) is 10.8. The molecule has 180 valence electrons. The van der Waals surface area contributed by atoms with Gasteiger partial charge in [-0.15, -0.1) is 0 Å². The second-order valence-electron chi connectivity index (χ2n) is 8.85. The first-order valence-electron chi connectivity index (χ1n) is 11.5. The lowest BCUT2D eigenvalue weighted by atomic mass is 9.87. The van der Waals surface area contributed by atoms with Crippen molar-refractivity contribution in [2.75, 3.05) is 14.2 Å². The smallest absolute Gasteiger partial charge is 0.180 e. The lowest BCUT2D eigenvalue weighted by Gasteiger charge is -2.24. The summed E-state index contributed by atoms with van der Waals surface area (Å²) in [4.78, 5) is 4.82. The van der Waals surface area contributed by atoms with E-state index in [1.54, 1.807) is 26.0 Å². The molecule has 6 heteroatoms. The minimum absolute atomic E-state index is 0.0333. The number of aromatic nitrogens is 2. The van der Waals surface area contributed by atoms with E-state index < -0.39 is 0 Å². The number of benzene rings is 2. The molecule has 1 unspecified atom stereocenters. The molecule has 2 aromatic carbocycles. The summed E-state index contributed by atoms with van der Waals surface area (Å²) in [7, 11) is 3.28. The molecule has 5 nitrogen and oxygen atoms in total. The van der Waals surface area contributed by atoms with Crippen LogP contribution in [0.25, 0.3) is 0 Å². The van der Waals surface area contributed by atoms with Crippen molar-refractivity contribution < 1.29 is 14.2 Å². The van der Waals surface area contributed by atoms with Crippen molar-refractivity contribution in [1.82, 2.24) is 4.98 Å². The first kappa shape index (κ1) is 24.6. The van der Waals surface area contributed by atoms with E-state index in [-0.39, 0.29) is 10.7 Å². The zero-order valence-corrected chi connectivity index (χ0v) is 21.3. The van der Waals surface area contributed by atoms with Crippen LogP contribution in [-0.4, -0.2) is 19.2 Å². The normalized spacial score (nSPS) is 12.2. The SMILES string of the molecule is COc1ccc(C(Cc2cc[n+]([O-])cc2)c2ccc(SC(C)(C)c3ccccc3)nc2)cc1OC. The average molecular weight is 487 g/mol. The molecular formula is C29H30N2O3S. The van der Waals surface area contributed by atoms with Gasteiger partial charge >= 0.3 is 0 Å². The van der Waals surface area contributed by atoms with E-state index in [0.717, 1.165) is 32.9 Å². The minimum Gasteiger partial charge on any atom is -0.619 e. The van der Waals surface area contributed by atoms with Gasteiger partial charge in [0.05, 0.1) is 19.2 Å². The highest BCUT2D eigenvalue weighted by molar-refractivity contribution is 8.00. The summed E-state index contributed by atoms with van der Waals surface area (Å²) in [5, 5.41) is 12.5. The highest BCUT2D eigenvalue weighted by atomic mass is 32.2. The van der Waals surface area contributed by atoms with E-state index in [1.165, 1.54) is 18.0 Å². The van der Waals surface area contributed by atoms with Gasteiger partial charge in [-0.25, -0.2) is 4.98 Å². The Hall–Kier alpha value is -3.51. The van der Waals surface area contributed by atoms with Gasteiger partial charge in [-0.2, -0.15) is 4.73 Å². The van der Waals surface area contributed by atoms with Gasteiger partial charge in [0.15, 0.2) is 23.9 Å². The molecule has 0 N–H and O–H groups in total. The summed E-state index contributed by atoms with van der Waals surface area (Å²) in [6.07, 6.45) is 5.75. The zero-order chi connectivity index (χ0) is 24.8. The maximum atomic E-state index is 11.5. The lowest BCUT2D eigenvalue weighted by molar-refractivity contribution is -0.605. The Morgan fingerprint density at radius 3 is 2.20 bits per heavy atom. The maximum absolute atomic E-state index is 11.5. The van der Waals surface area contributed by atoms with Gasteiger partial charge in [0.25, 0.3) is 0 Å². The topological polar surface area (TPSA) is 58.3 Å². The monoisotopic (exact) mass is 486 g/mol. The fourth-order valence-electron chi connectivity index (χ4n) is 4.13. The van der Waals surface area contributed by atoms with Gasteiger partial charge in [-0.1, -0.05) is 54.2 Å². The molecule has 0 aliphatic heterocycles. The fourth-order valence-corrected chi connectivity index (χ4v) is 5.15. The van der Waals surface area contributed by atoms with Crippen LogP contribution in [0.15, 0.2) is 96.4 Å². The summed E-state index contributed by atoms with van der Waals surface area (Å²) in [5.74, 6) is 1.41. The molecule has 0 aliphatic carbocycles. The Bertz CT molecular complexity index is 1240. The molecule has 4 aromatic rings. The molecule has 1 atom stereocenters.